The number of aryl methyl sites for hydroxylation is 1. The maximum Gasteiger partial charge on any atom is 0.158 e. The van der Waals surface area contributed by atoms with Crippen LogP contribution in [0.4, 0.5) is 0 Å². The molecule has 0 radical (unpaired) electrons. The zero-order valence-electron chi connectivity index (χ0n) is 10.7. The van der Waals surface area contributed by atoms with Crippen molar-refractivity contribution in [1.29, 1.82) is 0 Å². The molecule has 0 amide bonds. The van der Waals surface area contributed by atoms with Crippen molar-refractivity contribution >= 4 is 13.6 Å². The SMILES string of the molecule is BC1CCc2cc(OCCCC)ccc2C1=O. The lowest BCUT2D eigenvalue weighted by Gasteiger charge is -2.20. The van der Waals surface area contributed by atoms with Crippen molar-refractivity contribution in [1.82, 2.24) is 0 Å². The summed E-state index contributed by atoms with van der Waals surface area (Å²) in [5, 5.41) is 0. The van der Waals surface area contributed by atoms with Gasteiger partial charge in [-0.2, -0.15) is 0 Å². The van der Waals surface area contributed by atoms with Crippen molar-refractivity contribution in [2.75, 3.05) is 6.61 Å². The Morgan fingerprint density at radius 2 is 2.29 bits per heavy atom. The number of ether oxygens (including phenoxy) is 1. The maximum atomic E-state index is 11.9. The molecule has 1 aromatic rings. The van der Waals surface area contributed by atoms with Crippen LogP contribution >= 0.6 is 0 Å². The Labute approximate surface area is 104 Å². The molecule has 90 valence electrons. The summed E-state index contributed by atoms with van der Waals surface area (Å²) in [6.45, 7) is 2.91. The fourth-order valence-corrected chi connectivity index (χ4v) is 2.21. The third-order valence-corrected chi connectivity index (χ3v) is 3.40. The number of carbonyl (C=O) groups is 1. The van der Waals surface area contributed by atoms with E-state index in [2.05, 4.69) is 6.92 Å². The summed E-state index contributed by atoms with van der Waals surface area (Å²) in [7, 11) is 2.01. The largest absolute Gasteiger partial charge is 0.494 e. The number of ketones is 1. The first kappa shape index (κ1) is 12.2. The number of rotatable bonds is 4. The average Bonchev–Trinajstić information content (AvgIpc) is 2.34. The zero-order valence-corrected chi connectivity index (χ0v) is 10.7. The van der Waals surface area contributed by atoms with Gasteiger partial charge in [0.15, 0.2) is 5.78 Å². The average molecular weight is 230 g/mol. The standard InChI is InChI=1S/C14H19BO2/c1-2-3-8-17-11-5-6-12-10(9-11)4-7-13(15)14(12)16/h5-6,9,13H,2-4,7-8,15H2,1H3. The first-order valence-corrected chi connectivity index (χ1v) is 6.52. The summed E-state index contributed by atoms with van der Waals surface area (Å²) in [5.74, 6) is 1.36. The van der Waals surface area contributed by atoms with Gasteiger partial charge in [-0.25, -0.2) is 0 Å². The number of benzene rings is 1. The fraction of sp³-hybridized carbons (Fsp3) is 0.500. The van der Waals surface area contributed by atoms with Gasteiger partial charge in [0.25, 0.3) is 0 Å². The van der Waals surface area contributed by atoms with E-state index < -0.39 is 0 Å². The van der Waals surface area contributed by atoms with E-state index in [1.807, 2.05) is 26.0 Å². The van der Waals surface area contributed by atoms with Crippen LogP contribution < -0.4 is 4.74 Å². The minimum absolute atomic E-state index is 0.175. The van der Waals surface area contributed by atoms with Crippen LogP contribution in [0.1, 0.15) is 42.1 Å². The molecule has 1 unspecified atom stereocenters. The highest BCUT2D eigenvalue weighted by Gasteiger charge is 2.23. The summed E-state index contributed by atoms with van der Waals surface area (Å²) in [5.41, 5.74) is 2.05. The number of hydrogen-bond acceptors (Lipinski definition) is 2. The van der Waals surface area contributed by atoms with Gasteiger partial charge < -0.3 is 4.74 Å². The van der Waals surface area contributed by atoms with Crippen molar-refractivity contribution in [3.63, 3.8) is 0 Å². The van der Waals surface area contributed by atoms with Crippen LogP contribution in [0.15, 0.2) is 18.2 Å². The van der Waals surface area contributed by atoms with Gasteiger partial charge in [0.2, 0.25) is 0 Å². The lowest BCUT2D eigenvalue weighted by molar-refractivity contribution is 0.0973. The molecule has 0 bridgehead atoms. The second-order valence-electron chi connectivity index (χ2n) is 4.82. The molecule has 0 heterocycles. The van der Waals surface area contributed by atoms with Gasteiger partial charge in [0, 0.05) is 5.56 Å². The highest BCUT2D eigenvalue weighted by atomic mass is 16.5. The normalized spacial score (nSPS) is 18.9. The zero-order chi connectivity index (χ0) is 12.3. The third-order valence-electron chi connectivity index (χ3n) is 3.40. The fourth-order valence-electron chi connectivity index (χ4n) is 2.21. The Kier molecular flexibility index (Phi) is 3.87. The minimum Gasteiger partial charge on any atom is -0.494 e. The summed E-state index contributed by atoms with van der Waals surface area (Å²) in [6, 6.07) is 5.88. The lowest BCUT2D eigenvalue weighted by Crippen LogP contribution is -2.18. The van der Waals surface area contributed by atoms with Crippen LogP contribution in [0.2, 0.25) is 5.82 Å². The molecule has 1 aliphatic carbocycles. The second-order valence-corrected chi connectivity index (χ2v) is 4.82. The van der Waals surface area contributed by atoms with Crippen LogP contribution in [0.3, 0.4) is 0 Å². The minimum atomic E-state index is 0.175. The van der Waals surface area contributed by atoms with Gasteiger partial charge >= 0.3 is 0 Å². The Balaban J connectivity index is 2.12. The molecular formula is C14H19BO2. The Morgan fingerprint density at radius 3 is 3.06 bits per heavy atom. The molecule has 0 saturated heterocycles. The predicted octanol–water partition coefficient (Wildman–Crippen LogP) is 2.42. The Morgan fingerprint density at radius 1 is 1.47 bits per heavy atom. The topological polar surface area (TPSA) is 26.3 Å². The number of carbonyl (C=O) groups excluding carboxylic acids is 1. The molecule has 0 fully saturated rings. The number of hydrogen-bond donors (Lipinski definition) is 0. The van der Waals surface area contributed by atoms with E-state index in [1.165, 1.54) is 0 Å². The first-order valence-electron chi connectivity index (χ1n) is 6.52. The predicted molar refractivity (Wildman–Crippen MR) is 71.8 cm³/mol. The van der Waals surface area contributed by atoms with Crippen molar-refractivity contribution in [2.45, 2.75) is 38.4 Å². The maximum absolute atomic E-state index is 11.9. The van der Waals surface area contributed by atoms with Gasteiger partial charge in [-0.05, 0) is 48.8 Å². The Hall–Kier alpha value is -1.25. The molecule has 0 aliphatic heterocycles. The second kappa shape index (κ2) is 5.39. The number of Topliss-reactive ketones (excluding diaryl/α,β-unsaturated/α-hetero) is 1. The molecule has 0 saturated carbocycles. The highest BCUT2D eigenvalue weighted by Crippen LogP contribution is 2.29. The van der Waals surface area contributed by atoms with Crippen molar-refractivity contribution in [3.8, 4) is 5.75 Å². The highest BCUT2D eigenvalue weighted by molar-refractivity contribution is 6.28. The Bertz CT molecular complexity index is 415. The van der Waals surface area contributed by atoms with Gasteiger partial charge in [-0.15, -0.1) is 0 Å². The van der Waals surface area contributed by atoms with Gasteiger partial charge in [-0.1, -0.05) is 13.3 Å². The molecule has 3 heteroatoms. The molecule has 0 aromatic heterocycles. The smallest absolute Gasteiger partial charge is 0.158 e. The monoisotopic (exact) mass is 230 g/mol. The van der Waals surface area contributed by atoms with E-state index in [9.17, 15) is 4.79 Å². The quantitative estimate of drug-likeness (QED) is 0.586. The molecule has 1 atom stereocenters. The van der Waals surface area contributed by atoms with Gasteiger partial charge in [0.05, 0.1) is 6.61 Å². The number of unbranched alkanes of at least 4 members (excludes halogenated alkanes) is 1. The van der Waals surface area contributed by atoms with Crippen LogP contribution in [-0.2, 0) is 6.42 Å². The van der Waals surface area contributed by atoms with Crippen LogP contribution in [0.5, 0.6) is 5.75 Å². The van der Waals surface area contributed by atoms with Crippen LogP contribution in [0.25, 0.3) is 0 Å². The molecule has 0 spiro atoms. The first-order chi connectivity index (χ1) is 8.22. The summed E-state index contributed by atoms with van der Waals surface area (Å²) in [6.07, 6.45) is 4.17. The van der Waals surface area contributed by atoms with Crippen LogP contribution in [-0.4, -0.2) is 20.2 Å². The summed E-state index contributed by atoms with van der Waals surface area (Å²) in [4.78, 5) is 11.9. The van der Waals surface area contributed by atoms with Crippen molar-refractivity contribution in [2.24, 2.45) is 0 Å². The summed E-state index contributed by atoms with van der Waals surface area (Å²) >= 11 is 0. The lowest BCUT2D eigenvalue weighted by atomic mass is 9.72. The van der Waals surface area contributed by atoms with Crippen molar-refractivity contribution in [3.05, 3.63) is 29.3 Å². The number of fused-ring (bicyclic) bond motifs is 1. The van der Waals surface area contributed by atoms with Gasteiger partial charge in [0.1, 0.15) is 13.6 Å². The van der Waals surface area contributed by atoms with E-state index in [0.29, 0.717) is 0 Å². The molecule has 2 nitrogen and oxygen atoms in total. The van der Waals surface area contributed by atoms with Crippen LogP contribution in [0, 0.1) is 0 Å². The summed E-state index contributed by atoms with van der Waals surface area (Å²) < 4.78 is 5.66. The molecule has 1 aliphatic rings. The van der Waals surface area contributed by atoms with Crippen molar-refractivity contribution < 1.29 is 9.53 Å². The molecule has 1 aromatic carbocycles. The van der Waals surface area contributed by atoms with E-state index in [4.69, 9.17) is 4.74 Å². The van der Waals surface area contributed by atoms with E-state index >= 15 is 0 Å². The molecule has 17 heavy (non-hydrogen) atoms. The van der Waals surface area contributed by atoms with E-state index in [1.54, 1.807) is 0 Å². The molecule has 0 N–H and O–H groups in total. The molecule has 2 rings (SSSR count). The molecular weight excluding hydrogens is 211 g/mol. The van der Waals surface area contributed by atoms with E-state index in [0.717, 1.165) is 49.2 Å². The van der Waals surface area contributed by atoms with E-state index in [-0.39, 0.29) is 11.6 Å². The van der Waals surface area contributed by atoms with Gasteiger partial charge in [-0.3, -0.25) is 4.79 Å². The third kappa shape index (κ3) is 2.71.